The van der Waals surface area contributed by atoms with Crippen LogP contribution in [0.5, 0.6) is 5.75 Å². The van der Waals surface area contributed by atoms with Crippen molar-refractivity contribution < 1.29 is 19.2 Å². The molecule has 9 nitrogen and oxygen atoms in total. The van der Waals surface area contributed by atoms with Crippen molar-refractivity contribution in [3.63, 3.8) is 0 Å². The number of rotatable bonds is 10. The maximum Gasteiger partial charge on any atom is 0.338 e. The fourth-order valence-electron chi connectivity index (χ4n) is 5.39. The molecule has 0 spiro atoms. The summed E-state index contributed by atoms with van der Waals surface area (Å²) in [5, 5.41) is 11.1. The number of carbonyl (C=O) groups is 1. The van der Waals surface area contributed by atoms with Crippen LogP contribution in [0.15, 0.2) is 111 Å². The van der Waals surface area contributed by atoms with E-state index in [1.54, 1.807) is 41.5 Å². The van der Waals surface area contributed by atoms with Crippen LogP contribution in [0.2, 0.25) is 0 Å². The molecule has 49 heavy (non-hydrogen) atoms. The summed E-state index contributed by atoms with van der Waals surface area (Å²) in [4.78, 5) is 45.3. The van der Waals surface area contributed by atoms with Gasteiger partial charge in [0.15, 0.2) is 4.80 Å². The number of ether oxygens (including phenoxy) is 2. The molecule has 0 saturated carbocycles. The van der Waals surface area contributed by atoms with Gasteiger partial charge in [-0.25, -0.2) is 9.79 Å². The van der Waals surface area contributed by atoms with E-state index in [0.29, 0.717) is 31.9 Å². The zero-order chi connectivity index (χ0) is 34.7. The highest BCUT2D eigenvalue weighted by Crippen LogP contribution is 2.36. The van der Waals surface area contributed by atoms with Gasteiger partial charge >= 0.3 is 5.97 Å². The summed E-state index contributed by atoms with van der Waals surface area (Å²) < 4.78 is 15.6. The summed E-state index contributed by atoms with van der Waals surface area (Å²) in [7, 11) is 0. The van der Waals surface area contributed by atoms with Crippen molar-refractivity contribution in [2.45, 2.75) is 24.5 Å². The lowest BCUT2D eigenvalue weighted by molar-refractivity contribution is -0.384. The Labute approximate surface area is 316 Å². The Hall–Kier alpha value is -3.80. The number of aromatic nitrogens is 1. The largest absolute Gasteiger partial charge is 0.487 e. The van der Waals surface area contributed by atoms with Crippen LogP contribution in [0.25, 0.3) is 11.8 Å². The van der Waals surface area contributed by atoms with Gasteiger partial charge in [0.2, 0.25) is 0 Å². The highest BCUT2D eigenvalue weighted by molar-refractivity contribution is 14.1. The SMILES string of the molecule is CCOC(=O)C1=C(c2ccccc2)N=c2s/c(=C\c3cc(I)cc(I)c3OCc3ccc([N+](=O)[O-])cc3)c(=O)n2[C@@H]1c1ccc(SC)cc1. The third-order valence-corrected chi connectivity index (χ3v) is 10.8. The molecule has 0 saturated heterocycles. The standard InChI is InChI=1S/C36H27I2N3O6S2/c1-3-46-35(43)30-31(22-7-5-4-6-8-22)39-36-40(32(30)23-11-15-27(48-2)16-12-23)34(42)29(49-36)18-24-17-25(37)19-28(38)33(24)47-20-21-9-13-26(14-10-21)41(44)45/h4-19,32H,3,20H2,1-2H3/b29-18-/t32-/m1/s1. The predicted octanol–water partition coefficient (Wildman–Crippen LogP) is 7.35. The molecule has 1 atom stereocenters. The van der Waals surface area contributed by atoms with E-state index in [2.05, 4.69) is 45.2 Å². The molecule has 0 aliphatic carbocycles. The van der Waals surface area contributed by atoms with Gasteiger partial charge in [-0.3, -0.25) is 19.5 Å². The second kappa shape index (κ2) is 15.4. The van der Waals surface area contributed by atoms with E-state index in [9.17, 15) is 19.7 Å². The average Bonchev–Trinajstić information content (AvgIpc) is 3.41. The molecule has 13 heteroatoms. The van der Waals surface area contributed by atoms with Gasteiger partial charge in [-0.05, 0) is 112 Å². The van der Waals surface area contributed by atoms with Crippen LogP contribution in [0.4, 0.5) is 5.69 Å². The van der Waals surface area contributed by atoms with E-state index in [1.807, 2.05) is 73.0 Å². The number of halogens is 2. The highest BCUT2D eigenvalue weighted by Gasteiger charge is 2.35. The quantitative estimate of drug-likeness (QED) is 0.0474. The molecular formula is C36H27I2N3O6S2. The summed E-state index contributed by atoms with van der Waals surface area (Å²) in [6, 6.07) is 26.6. The number of nitrogens with zero attached hydrogens (tertiary/aromatic N) is 3. The molecule has 0 N–H and O–H groups in total. The number of nitro benzene ring substituents is 1. The van der Waals surface area contributed by atoms with E-state index in [-0.39, 0.29) is 24.5 Å². The number of hydrogen-bond acceptors (Lipinski definition) is 9. The number of non-ortho nitro benzene ring substituents is 1. The lowest BCUT2D eigenvalue weighted by atomic mass is 9.93. The molecule has 248 valence electrons. The van der Waals surface area contributed by atoms with E-state index in [4.69, 9.17) is 14.5 Å². The summed E-state index contributed by atoms with van der Waals surface area (Å²) in [6.07, 6.45) is 3.79. The molecule has 1 aromatic heterocycles. The number of carbonyl (C=O) groups excluding carboxylic acids is 1. The minimum absolute atomic E-state index is 0.00342. The first-order valence-electron chi connectivity index (χ1n) is 15.0. The summed E-state index contributed by atoms with van der Waals surface area (Å²) in [5.41, 5.74) is 3.41. The summed E-state index contributed by atoms with van der Waals surface area (Å²) in [5.74, 6) is 0.0408. The molecule has 4 aromatic carbocycles. The zero-order valence-corrected chi connectivity index (χ0v) is 32.0. The van der Waals surface area contributed by atoms with Crippen molar-refractivity contribution in [2.75, 3.05) is 12.9 Å². The van der Waals surface area contributed by atoms with Crippen molar-refractivity contribution in [3.05, 3.63) is 156 Å². The summed E-state index contributed by atoms with van der Waals surface area (Å²) in [6.45, 7) is 2.09. The molecule has 5 aromatic rings. The van der Waals surface area contributed by atoms with Crippen LogP contribution in [0.1, 0.15) is 35.2 Å². The third-order valence-electron chi connectivity index (χ3n) is 7.66. The van der Waals surface area contributed by atoms with Gasteiger partial charge in [-0.2, -0.15) is 0 Å². The Bertz CT molecular complexity index is 2270. The van der Waals surface area contributed by atoms with E-state index in [1.165, 1.54) is 23.5 Å². The molecule has 0 radical (unpaired) electrons. The van der Waals surface area contributed by atoms with E-state index >= 15 is 0 Å². The van der Waals surface area contributed by atoms with Crippen LogP contribution in [0.3, 0.4) is 0 Å². The van der Waals surface area contributed by atoms with Gasteiger partial charge < -0.3 is 9.47 Å². The Morgan fingerprint density at radius 3 is 2.43 bits per heavy atom. The van der Waals surface area contributed by atoms with Gasteiger partial charge in [0.1, 0.15) is 12.4 Å². The van der Waals surface area contributed by atoms with Crippen molar-refractivity contribution in [1.82, 2.24) is 4.57 Å². The van der Waals surface area contributed by atoms with Crippen LogP contribution in [-0.4, -0.2) is 28.3 Å². The maximum absolute atomic E-state index is 14.4. The molecule has 0 unspecified atom stereocenters. The fraction of sp³-hybridized carbons (Fsp3) is 0.139. The number of thiazole rings is 1. The first kappa shape index (κ1) is 35.0. The predicted molar refractivity (Wildman–Crippen MR) is 209 cm³/mol. The van der Waals surface area contributed by atoms with Crippen molar-refractivity contribution in [2.24, 2.45) is 4.99 Å². The second-order valence-corrected chi connectivity index (χ2v) is 15.0. The number of nitro groups is 1. The van der Waals surface area contributed by atoms with Gasteiger partial charge in [0.05, 0.1) is 36.9 Å². The molecule has 1 aliphatic heterocycles. The minimum atomic E-state index is -0.780. The van der Waals surface area contributed by atoms with Crippen LogP contribution >= 0.6 is 68.3 Å². The number of benzene rings is 4. The Balaban J connectivity index is 1.52. The van der Waals surface area contributed by atoms with Crippen LogP contribution in [-0.2, 0) is 16.1 Å². The Kier molecular flexibility index (Phi) is 11.0. The molecule has 1 aliphatic rings. The molecule has 0 fully saturated rings. The zero-order valence-electron chi connectivity index (χ0n) is 26.1. The molecule has 0 bridgehead atoms. The monoisotopic (exact) mass is 915 g/mol. The van der Waals surface area contributed by atoms with Crippen molar-refractivity contribution in [3.8, 4) is 5.75 Å². The normalized spacial score (nSPS) is 14.3. The highest BCUT2D eigenvalue weighted by atomic mass is 127. The number of hydrogen-bond donors (Lipinski definition) is 0. The molecule has 2 heterocycles. The van der Waals surface area contributed by atoms with Crippen molar-refractivity contribution >= 4 is 91.7 Å². The Morgan fingerprint density at radius 1 is 1.06 bits per heavy atom. The number of thioether (sulfide) groups is 1. The first-order chi connectivity index (χ1) is 23.7. The third kappa shape index (κ3) is 7.54. The topological polar surface area (TPSA) is 113 Å². The maximum atomic E-state index is 14.4. The van der Waals surface area contributed by atoms with Crippen molar-refractivity contribution in [1.29, 1.82) is 0 Å². The second-order valence-electron chi connectivity index (χ2n) is 10.7. The van der Waals surface area contributed by atoms with Crippen LogP contribution in [0, 0.1) is 17.3 Å². The van der Waals surface area contributed by atoms with E-state index < -0.39 is 16.9 Å². The fourth-order valence-corrected chi connectivity index (χ4v) is 8.84. The summed E-state index contributed by atoms with van der Waals surface area (Å²) >= 11 is 7.27. The van der Waals surface area contributed by atoms with Gasteiger partial charge in [0.25, 0.3) is 11.2 Å². The number of esters is 1. The van der Waals surface area contributed by atoms with Gasteiger partial charge in [-0.15, -0.1) is 11.8 Å². The minimum Gasteiger partial charge on any atom is -0.487 e. The van der Waals surface area contributed by atoms with E-state index in [0.717, 1.165) is 28.7 Å². The van der Waals surface area contributed by atoms with Crippen LogP contribution < -0.4 is 19.6 Å². The number of fused-ring (bicyclic) bond motifs is 1. The average molecular weight is 916 g/mol. The lowest BCUT2D eigenvalue weighted by Crippen LogP contribution is -2.40. The molecular weight excluding hydrogens is 888 g/mol. The van der Waals surface area contributed by atoms with Gasteiger partial charge in [0, 0.05) is 31.7 Å². The first-order valence-corrected chi connectivity index (χ1v) is 19.2. The Morgan fingerprint density at radius 2 is 1.78 bits per heavy atom. The smallest absolute Gasteiger partial charge is 0.338 e. The molecule has 6 rings (SSSR count). The van der Waals surface area contributed by atoms with Gasteiger partial charge in [-0.1, -0.05) is 53.8 Å². The lowest BCUT2D eigenvalue weighted by Gasteiger charge is -2.26. The molecule has 0 amide bonds.